The largest absolute Gasteiger partial charge is 0.492 e. The second kappa shape index (κ2) is 9.38. The van der Waals surface area contributed by atoms with Crippen LogP contribution in [0.1, 0.15) is 47.9 Å². The van der Waals surface area contributed by atoms with Gasteiger partial charge in [0.25, 0.3) is 0 Å². The number of ether oxygens (including phenoxy) is 3. The molecule has 0 radical (unpaired) electrons. The number of rotatable bonds is 7. The van der Waals surface area contributed by atoms with E-state index in [4.69, 9.17) is 14.2 Å². The van der Waals surface area contributed by atoms with E-state index in [1.807, 2.05) is 6.92 Å². The Labute approximate surface area is 161 Å². The molecule has 138 valence electrons. The fraction of sp³-hybridized carbons (Fsp3) is 0.300. The highest BCUT2D eigenvalue weighted by Crippen LogP contribution is 2.27. The van der Waals surface area contributed by atoms with Crippen molar-refractivity contribution in [2.45, 2.75) is 33.3 Å². The van der Waals surface area contributed by atoms with E-state index in [0.717, 1.165) is 6.42 Å². The third kappa shape index (κ3) is 5.59. The monoisotopic (exact) mass is 420 g/mol. The zero-order valence-electron chi connectivity index (χ0n) is 15.0. The van der Waals surface area contributed by atoms with Gasteiger partial charge in [0.05, 0.1) is 28.3 Å². The first-order valence-electron chi connectivity index (χ1n) is 8.36. The van der Waals surface area contributed by atoms with Crippen LogP contribution < -0.4 is 9.47 Å². The van der Waals surface area contributed by atoms with Gasteiger partial charge >= 0.3 is 11.9 Å². The van der Waals surface area contributed by atoms with E-state index in [2.05, 4.69) is 15.9 Å². The van der Waals surface area contributed by atoms with Gasteiger partial charge in [0.1, 0.15) is 11.5 Å². The Morgan fingerprint density at radius 3 is 2.23 bits per heavy atom. The van der Waals surface area contributed by atoms with E-state index >= 15 is 0 Å². The van der Waals surface area contributed by atoms with Crippen molar-refractivity contribution in [1.82, 2.24) is 0 Å². The molecule has 0 heterocycles. The maximum Gasteiger partial charge on any atom is 0.343 e. The number of hydrogen-bond donors (Lipinski definition) is 0. The number of carbonyl (C=O) groups is 2. The van der Waals surface area contributed by atoms with Crippen molar-refractivity contribution >= 4 is 27.9 Å². The fourth-order valence-corrected chi connectivity index (χ4v) is 2.56. The number of carbonyl (C=O) groups excluding carboxylic acids is 2. The summed E-state index contributed by atoms with van der Waals surface area (Å²) in [5.41, 5.74) is 0.794. The predicted molar refractivity (Wildman–Crippen MR) is 102 cm³/mol. The summed E-state index contributed by atoms with van der Waals surface area (Å²) in [4.78, 5) is 24.1. The lowest BCUT2D eigenvalue weighted by atomic mass is 10.2. The smallest absolute Gasteiger partial charge is 0.343 e. The van der Waals surface area contributed by atoms with Gasteiger partial charge in [0.15, 0.2) is 0 Å². The van der Waals surface area contributed by atoms with Crippen LogP contribution in [0.4, 0.5) is 0 Å². The summed E-state index contributed by atoms with van der Waals surface area (Å²) in [5, 5.41) is 0. The van der Waals surface area contributed by atoms with Crippen LogP contribution in [0.3, 0.4) is 0 Å². The van der Waals surface area contributed by atoms with Gasteiger partial charge in [-0.1, -0.05) is 6.92 Å². The Bertz CT molecular complexity index is 768. The van der Waals surface area contributed by atoms with Crippen LogP contribution in [0.2, 0.25) is 0 Å². The van der Waals surface area contributed by atoms with E-state index in [9.17, 15) is 9.59 Å². The molecule has 2 aromatic rings. The second-order valence-electron chi connectivity index (χ2n) is 5.86. The minimum atomic E-state index is -0.495. The van der Waals surface area contributed by atoms with Crippen LogP contribution in [0, 0.1) is 0 Å². The molecule has 0 saturated carbocycles. The van der Waals surface area contributed by atoms with Crippen molar-refractivity contribution in [1.29, 1.82) is 0 Å². The minimum Gasteiger partial charge on any atom is -0.492 e. The third-order valence-corrected chi connectivity index (χ3v) is 3.89. The molecule has 26 heavy (non-hydrogen) atoms. The third-order valence-electron chi connectivity index (χ3n) is 3.27. The molecule has 0 N–H and O–H groups in total. The Hall–Kier alpha value is -2.34. The van der Waals surface area contributed by atoms with Crippen LogP contribution in [0.5, 0.6) is 11.5 Å². The lowest BCUT2D eigenvalue weighted by molar-refractivity contribution is 0.0378. The maximum atomic E-state index is 12.3. The molecule has 0 aliphatic heterocycles. The van der Waals surface area contributed by atoms with Gasteiger partial charge in [-0.15, -0.1) is 0 Å². The summed E-state index contributed by atoms with van der Waals surface area (Å²) in [6.45, 7) is 6.19. The first-order chi connectivity index (χ1) is 12.4. The van der Waals surface area contributed by atoms with Crippen molar-refractivity contribution in [2.24, 2.45) is 0 Å². The van der Waals surface area contributed by atoms with Crippen LogP contribution in [-0.2, 0) is 4.74 Å². The summed E-state index contributed by atoms with van der Waals surface area (Å²) >= 11 is 3.39. The van der Waals surface area contributed by atoms with Gasteiger partial charge in [-0.05, 0) is 78.7 Å². The summed E-state index contributed by atoms with van der Waals surface area (Å²) in [6.07, 6.45) is 0.708. The summed E-state index contributed by atoms with van der Waals surface area (Å²) in [7, 11) is 0. The van der Waals surface area contributed by atoms with Crippen molar-refractivity contribution in [3.63, 3.8) is 0 Å². The normalized spacial score (nSPS) is 10.5. The quantitative estimate of drug-likeness (QED) is 0.464. The van der Waals surface area contributed by atoms with Crippen molar-refractivity contribution < 1.29 is 23.8 Å². The van der Waals surface area contributed by atoms with Gasteiger partial charge in [-0.2, -0.15) is 0 Å². The summed E-state index contributed by atoms with van der Waals surface area (Å²) in [6, 6.07) is 11.3. The van der Waals surface area contributed by atoms with Crippen LogP contribution >= 0.6 is 15.9 Å². The topological polar surface area (TPSA) is 61.8 Å². The van der Waals surface area contributed by atoms with Crippen molar-refractivity contribution in [2.75, 3.05) is 6.61 Å². The first-order valence-corrected chi connectivity index (χ1v) is 9.15. The van der Waals surface area contributed by atoms with Gasteiger partial charge in [-0.25, -0.2) is 9.59 Å². The van der Waals surface area contributed by atoms with E-state index in [-0.39, 0.29) is 6.10 Å². The molecular weight excluding hydrogens is 400 g/mol. The standard InChI is InChI=1S/C20H21BrO5/c1-4-11-24-18-10-7-15(12-17(18)21)20(23)26-16-8-5-14(6-9-16)19(22)25-13(2)3/h5-10,12-13H,4,11H2,1-3H3. The maximum absolute atomic E-state index is 12.3. The molecule has 2 rings (SSSR count). The van der Waals surface area contributed by atoms with Gasteiger partial charge < -0.3 is 14.2 Å². The van der Waals surface area contributed by atoms with Crippen LogP contribution in [0.25, 0.3) is 0 Å². The molecule has 0 amide bonds. The Balaban J connectivity index is 2.03. The lowest BCUT2D eigenvalue weighted by Crippen LogP contribution is -2.12. The lowest BCUT2D eigenvalue weighted by Gasteiger charge is -2.10. The molecule has 0 spiro atoms. The van der Waals surface area contributed by atoms with Crippen molar-refractivity contribution in [3.8, 4) is 11.5 Å². The Kier molecular flexibility index (Phi) is 7.21. The zero-order chi connectivity index (χ0) is 19.1. The molecule has 0 atom stereocenters. The van der Waals surface area contributed by atoms with Crippen LogP contribution in [-0.4, -0.2) is 24.6 Å². The second-order valence-corrected chi connectivity index (χ2v) is 6.72. The van der Waals surface area contributed by atoms with E-state index in [1.54, 1.807) is 56.3 Å². The molecule has 2 aromatic carbocycles. The highest BCUT2D eigenvalue weighted by atomic mass is 79.9. The van der Waals surface area contributed by atoms with Gasteiger partial charge in [-0.3, -0.25) is 0 Å². The van der Waals surface area contributed by atoms with E-state index < -0.39 is 11.9 Å². The highest BCUT2D eigenvalue weighted by molar-refractivity contribution is 9.10. The van der Waals surface area contributed by atoms with E-state index in [1.165, 1.54) is 0 Å². The first kappa shape index (κ1) is 20.0. The average molecular weight is 421 g/mol. The molecule has 5 nitrogen and oxygen atoms in total. The van der Waals surface area contributed by atoms with E-state index in [0.29, 0.717) is 33.7 Å². The average Bonchev–Trinajstić information content (AvgIpc) is 2.60. The van der Waals surface area contributed by atoms with Gasteiger partial charge in [0.2, 0.25) is 0 Å². The summed E-state index contributed by atoms with van der Waals surface area (Å²) in [5.74, 6) is 0.115. The SMILES string of the molecule is CCCOc1ccc(C(=O)Oc2ccc(C(=O)OC(C)C)cc2)cc1Br. The molecule has 0 bridgehead atoms. The summed E-state index contributed by atoms with van der Waals surface area (Å²) < 4.78 is 16.7. The fourth-order valence-electron chi connectivity index (χ4n) is 2.06. The molecule has 0 aliphatic rings. The Morgan fingerprint density at radius 1 is 1.00 bits per heavy atom. The number of esters is 2. The van der Waals surface area contributed by atoms with Crippen LogP contribution in [0.15, 0.2) is 46.9 Å². The zero-order valence-corrected chi connectivity index (χ0v) is 16.5. The number of hydrogen-bond acceptors (Lipinski definition) is 5. The minimum absolute atomic E-state index is 0.192. The molecule has 0 aromatic heterocycles. The molecule has 0 fully saturated rings. The Morgan fingerprint density at radius 2 is 1.65 bits per heavy atom. The molecule has 0 aliphatic carbocycles. The number of benzene rings is 2. The number of halogens is 1. The molecule has 0 unspecified atom stereocenters. The van der Waals surface area contributed by atoms with Crippen molar-refractivity contribution in [3.05, 3.63) is 58.1 Å². The highest BCUT2D eigenvalue weighted by Gasteiger charge is 2.13. The molecule has 0 saturated heterocycles. The van der Waals surface area contributed by atoms with Gasteiger partial charge in [0, 0.05) is 0 Å². The predicted octanol–water partition coefficient (Wildman–Crippen LogP) is 5.02. The molecule has 6 heteroatoms. The molecular formula is C20H21BrO5.